The summed E-state index contributed by atoms with van der Waals surface area (Å²) in [6.45, 7) is -1.28. The van der Waals surface area contributed by atoms with Gasteiger partial charge in [0.1, 0.15) is 17.0 Å². The van der Waals surface area contributed by atoms with Crippen molar-refractivity contribution in [3.8, 4) is 17.0 Å². The lowest BCUT2D eigenvalue weighted by molar-refractivity contribution is -0.0494. The Morgan fingerprint density at radius 3 is 2.69 bits per heavy atom. The summed E-state index contributed by atoms with van der Waals surface area (Å²) < 4.78 is 61.0. The van der Waals surface area contributed by atoms with Gasteiger partial charge in [0.05, 0.1) is 21.7 Å². The van der Waals surface area contributed by atoms with Crippen LogP contribution in [-0.2, 0) is 23.3 Å². The molecule has 0 saturated heterocycles. The van der Waals surface area contributed by atoms with E-state index in [1.807, 2.05) is 13.0 Å². The van der Waals surface area contributed by atoms with Gasteiger partial charge in [-0.3, -0.25) is 9.48 Å². The second kappa shape index (κ2) is 10.3. The van der Waals surface area contributed by atoms with Crippen LogP contribution < -0.4 is 10.1 Å². The number of aromatic nitrogens is 5. The Labute approximate surface area is 221 Å². The van der Waals surface area contributed by atoms with Crippen LogP contribution in [0.1, 0.15) is 22.8 Å². The van der Waals surface area contributed by atoms with Crippen LogP contribution in [0.15, 0.2) is 83.1 Å². The maximum absolute atomic E-state index is 13.5. The molecule has 0 unspecified atom stereocenters. The number of hydrogen-bond acceptors (Lipinski definition) is 7. The Balaban J connectivity index is 1.59. The number of nitrogens with one attached hydrogen (secondary N) is 1. The van der Waals surface area contributed by atoms with E-state index in [4.69, 9.17) is 4.74 Å². The van der Waals surface area contributed by atoms with Crippen LogP contribution >= 0.6 is 0 Å². The molecular weight excluding hydrogens is 530 g/mol. The molecular formula is C26H22F2N6O4S. The van der Waals surface area contributed by atoms with Crippen LogP contribution in [-0.4, -0.2) is 45.3 Å². The number of sulfone groups is 1. The summed E-state index contributed by atoms with van der Waals surface area (Å²) in [5.74, 6) is -0.882. The molecule has 0 spiro atoms. The molecule has 5 aromatic rings. The Kier molecular flexibility index (Phi) is 6.83. The minimum Gasteiger partial charge on any atom is -0.434 e. The number of anilines is 1. The summed E-state index contributed by atoms with van der Waals surface area (Å²) in [7, 11) is -2.45. The van der Waals surface area contributed by atoms with Crippen LogP contribution in [0.2, 0.25) is 0 Å². The molecule has 0 aliphatic rings. The number of hydrogen-bond donors (Lipinski definition) is 1. The van der Waals surface area contributed by atoms with E-state index >= 15 is 0 Å². The zero-order chi connectivity index (χ0) is 27.7. The van der Waals surface area contributed by atoms with Crippen molar-refractivity contribution < 1.29 is 26.7 Å². The van der Waals surface area contributed by atoms with E-state index in [0.29, 0.717) is 12.1 Å². The number of aryl methyl sites for hydroxylation is 2. The van der Waals surface area contributed by atoms with Crippen LogP contribution in [0.3, 0.4) is 0 Å². The third-order valence-corrected chi connectivity index (χ3v) is 7.70. The average Bonchev–Trinajstić information content (AvgIpc) is 3.51. The van der Waals surface area contributed by atoms with E-state index in [1.54, 1.807) is 31.4 Å². The van der Waals surface area contributed by atoms with E-state index in [2.05, 4.69) is 20.5 Å². The van der Waals surface area contributed by atoms with Crippen molar-refractivity contribution in [2.24, 2.45) is 7.05 Å². The first-order valence-electron chi connectivity index (χ1n) is 11.7. The molecule has 3 aromatic heterocycles. The molecule has 13 heteroatoms. The van der Waals surface area contributed by atoms with Crippen LogP contribution in [0.5, 0.6) is 5.75 Å². The molecule has 0 radical (unpaired) electrons. The highest BCUT2D eigenvalue weighted by Crippen LogP contribution is 2.38. The maximum Gasteiger partial charge on any atom is 0.387 e. The molecule has 0 fully saturated rings. The van der Waals surface area contributed by atoms with Crippen LogP contribution in [0.25, 0.3) is 16.9 Å². The third kappa shape index (κ3) is 5.08. The largest absolute Gasteiger partial charge is 0.434 e. The number of rotatable bonds is 8. The number of ether oxygens (including phenoxy) is 1. The number of benzene rings is 2. The minimum atomic E-state index is -4.02. The number of carbonyl (C=O) groups is 1. The fourth-order valence-corrected chi connectivity index (χ4v) is 5.44. The lowest BCUT2D eigenvalue weighted by atomic mass is 10.1. The number of alkyl halides is 2. The van der Waals surface area contributed by atoms with Crippen LogP contribution in [0.4, 0.5) is 14.5 Å². The summed E-state index contributed by atoms with van der Waals surface area (Å²) in [4.78, 5) is 17.2. The van der Waals surface area contributed by atoms with Crippen molar-refractivity contribution in [3.63, 3.8) is 0 Å². The van der Waals surface area contributed by atoms with Gasteiger partial charge in [0.25, 0.3) is 5.91 Å². The molecule has 39 heavy (non-hydrogen) atoms. The number of halogens is 2. The summed E-state index contributed by atoms with van der Waals surface area (Å²) in [5.41, 5.74) is 1.43. The van der Waals surface area contributed by atoms with Crippen molar-refractivity contribution in [1.82, 2.24) is 24.4 Å². The first kappa shape index (κ1) is 26.0. The van der Waals surface area contributed by atoms with Gasteiger partial charge in [-0.15, -0.1) is 0 Å². The van der Waals surface area contributed by atoms with Gasteiger partial charge in [0.15, 0.2) is 5.65 Å². The molecule has 1 amide bonds. The third-order valence-electron chi connectivity index (χ3n) is 5.95. The van der Waals surface area contributed by atoms with Gasteiger partial charge >= 0.3 is 6.61 Å². The van der Waals surface area contributed by atoms with E-state index in [0.717, 1.165) is 11.6 Å². The molecule has 0 aliphatic heterocycles. The first-order chi connectivity index (χ1) is 18.7. The van der Waals surface area contributed by atoms with Gasteiger partial charge in [0, 0.05) is 31.2 Å². The quantitative estimate of drug-likeness (QED) is 0.303. The Morgan fingerprint density at radius 1 is 1.13 bits per heavy atom. The molecule has 10 nitrogen and oxygen atoms in total. The Hall–Kier alpha value is -4.65. The number of nitrogens with zero attached hydrogens (tertiary/aromatic N) is 5. The summed E-state index contributed by atoms with van der Waals surface area (Å²) in [5, 5.41) is 11.1. The van der Waals surface area contributed by atoms with Gasteiger partial charge in [-0.25, -0.2) is 17.9 Å². The SMILES string of the molecule is CCc1cccc(S(=O)(=O)c2ccc(OC(F)F)c(-c3nn(C)cc3NC(=O)c3cnn4cccnc34)c2)c1. The molecule has 200 valence electrons. The summed E-state index contributed by atoms with van der Waals surface area (Å²) in [6, 6.07) is 11.7. The second-order valence-corrected chi connectivity index (χ2v) is 10.5. The zero-order valence-electron chi connectivity index (χ0n) is 20.7. The van der Waals surface area contributed by atoms with E-state index < -0.39 is 22.4 Å². The Bertz CT molecular complexity index is 1800. The minimum absolute atomic E-state index is 0.0327. The highest BCUT2D eigenvalue weighted by atomic mass is 32.2. The van der Waals surface area contributed by atoms with Crippen molar-refractivity contribution in [1.29, 1.82) is 0 Å². The van der Waals surface area contributed by atoms with Gasteiger partial charge in [0.2, 0.25) is 9.84 Å². The maximum atomic E-state index is 13.5. The lowest BCUT2D eigenvalue weighted by Crippen LogP contribution is -2.12. The van der Waals surface area contributed by atoms with Crippen molar-refractivity contribution in [2.45, 2.75) is 29.7 Å². The molecule has 3 heterocycles. The number of amides is 1. The topological polar surface area (TPSA) is 120 Å². The van der Waals surface area contributed by atoms with Gasteiger partial charge < -0.3 is 10.1 Å². The molecule has 5 rings (SSSR count). The molecule has 0 aliphatic carbocycles. The highest BCUT2D eigenvalue weighted by Gasteiger charge is 2.25. The standard InChI is InChI=1S/C26H22F2N6O4S/c1-3-16-6-4-7-17(12-16)39(36,37)18-8-9-22(38-26(27)28)19(13-18)23-21(15-33(2)32-23)31-25(35)20-14-30-34-11-5-10-29-24(20)34/h4-15,26H,3H2,1-2H3,(H,31,35). The number of carbonyl (C=O) groups excluding carboxylic acids is 1. The predicted octanol–water partition coefficient (Wildman–Crippen LogP) is 4.38. The number of fused-ring (bicyclic) bond motifs is 1. The highest BCUT2D eigenvalue weighted by molar-refractivity contribution is 7.91. The molecule has 2 aromatic carbocycles. The normalized spacial score (nSPS) is 11.7. The summed E-state index contributed by atoms with van der Waals surface area (Å²) in [6.07, 6.45) is 6.58. The molecule has 1 N–H and O–H groups in total. The summed E-state index contributed by atoms with van der Waals surface area (Å²) >= 11 is 0. The van der Waals surface area contributed by atoms with Gasteiger partial charge in [-0.1, -0.05) is 19.1 Å². The fourth-order valence-electron chi connectivity index (χ4n) is 4.08. The zero-order valence-corrected chi connectivity index (χ0v) is 21.6. The van der Waals surface area contributed by atoms with Crippen molar-refractivity contribution in [3.05, 3.63) is 84.4 Å². The molecule has 0 saturated carbocycles. The van der Waals surface area contributed by atoms with Crippen LogP contribution in [0, 0.1) is 0 Å². The fraction of sp³-hybridized carbons (Fsp3) is 0.154. The predicted molar refractivity (Wildman–Crippen MR) is 137 cm³/mol. The van der Waals surface area contributed by atoms with Gasteiger partial charge in [-0.2, -0.15) is 19.0 Å². The molecule has 0 atom stereocenters. The second-order valence-electron chi connectivity index (χ2n) is 8.51. The lowest BCUT2D eigenvalue weighted by Gasteiger charge is -2.13. The monoisotopic (exact) mass is 552 g/mol. The van der Waals surface area contributed by atoms with E-state index in [9.17, 15) is 22.0 Å². The average molecular weight is 553 g/mol. The molecule has 0 bridgehead atoms. The Morgan fingerprint density at radius 2 is 1.92 bits per heavy atom. The van der Waals surface area contributed by atoms with E-state index in [-0.39, 0.29) is 38.0 Å². The first-order valence-corrected chi connectivity index (χ1v) is 13.2. The van der Waals surface area contributed by atoms with Crippen molar-refractivity contribution >= 4 is 27.1 Å². The smallest absolute Gasteiger partial charge is 0.387 e. The van der Waals surface area contributed by atoms with Gasteiger partial charge in [-0.05, 0) is 48.4 Å². The van der Waals surface area contributed by atoms with Crippen molar-refractivity contribution in [2.75, 3.05) is 5.32 Å². The van der Waals surface area contributed by atoms with E-state index in [1.165, 1.54) is 46.0 Å².